The lowest BCUT2D eigenvalue weighted by atomic mass is 10.0. The van der Waals surface area contributed by atoms with Crippen LogP contribution in [0.25, 0.3) is 10.9 Å². The maximum absolute atomic E-state index is 11.6. The summed E-state index contributed by atoms with van der Waals surface area (Å²) in [7, 11) is 1.55. The van der Waals surface area contributed by atoms with E-state index < -0.39 is 12.0 Å². The largest absolute Gasteiger partial charge is 0.481 e. The van der Waals surface area contributed by atoms with Crippen molar-refractivity contribution in [1.29, 1.82) is 0 Å². The first-order valence-electron chi connectivity index (χ1n) is 12.0. The first kappa shape index (κ1) is 22.8. The van der Waals surface area contributed by atoms with Crippen molar-refractivity contribution in [2.75, 3.05) is 19.0 Å². The summed E-state index contributed by atoms with van der Waals surface area (Å²) < 4.78 is 6.86. The molecule has 35 heavy (non-hydrogen) atoms. The molecule has 0 fully saturated rings. The van der Waals surface area contributed by atoms with Crippen LogP contribution >= 0.6 is 0 Å². The number of pyridine rings is 2. The van der Waals surface area contributed by atoms with Gasteiger partial charge >= 0.3 is 5.97 Å². The van der Waals surface area contributed by atoms with Crippen molar-refractivity contribution < 1.29 is 14.6 Å². The highest BCUT2D eigenvalue weighted by Gasteiger charge is 2.20. The standard InChI is InChI=1S/C27H29N5O3/c1-35-25-12-10-20(16-29-25)24(15-26(33)34)32-17-21-8-7-18(14-23(21)31-32)4-2-6-22-11-9-19-5-3-13-28-27(19)30-22/h7-12,14,16-17,24H,2-6,13,15H2,1H3,(H,28,30)(H,33,34)/t24-/m0/s1. The van der Waals surface area contributed by atoms with Crippen LogP contribution in [0.15, 0.2) is 54.9 Å². The summed E-state index contributed by atoms with van der Waals surface area (Å²) in [4.78, 5) is 20.6. The summed E-state index contributed by atoms with van der Waals surface area (Å²) in [6.07, 6.45) is 8.58. The van der Waals surface area contributed by atoms with Gasteiger partial charge in [-0.05, 0) is 67.0 Å². The second-order valence-electron chi connectivity index (χ2n) is 8.94. The summed E-state index contributed by atoms with van der Waals surface area (Å²) >= 11 is 0. The Bertz CT molecular complexity index is 1330. The molecule has 8 nitrogen and oxygen atoms in total. The Hall–Kier alpha value is -3.94. The molecule has 0 saturated carbocycles. The average molecular weight is 472 g/mol. The minimum Gasteiger partial charge on any atom is -0.481 e. The van der Waals surface area contributed by atoms with Crippen LogP contribution < -0.4 is 10.1 Å². The maximum Gasteiger partial charge on any atom is 0.305 e. The van der Waals surface area contributed by atoms with Gasteiger partial charge in [-0.1, -0.05) is 18.2 Å². The number of carbonyl (C=O) groups is 1. The molecule has 0 unspecified atom stereocenters. The van der Waals surface area contributed by atoms with E-state index in [-0.39, 0.29) is 6.42 Å². The number of hydrogen-bond acceptors (Lipinski definition) is 6. The van der Waals surface area contributed by atoms with Crippen LogP contribution in [0, 0.1) is 0 Å². The maximum atomic E-state index is 11.6. The molecule has 180 valence electrons. The summed E-state index contributed by atoms with van der Waals surface area (Å²) in [5.41, 5.74) is 5.27. The lowest BCUT2D eigenvalue weighted by Gasteiger charge is -2.17. The van der Waals surface area contributed by atoms with Crippen LogP contribution in [0.3, 0.4) is 0 Å². The first-order valence-corrected chi connectivity index (χ1v) is 12.0. The third kappa shape index (κ3) is 5.26. The topological polar surface area (TPSA) is 102 Å². The van der Waals surface area contributed by atoms with Crippen molar-refractivity contribution in [3.8, 4) is 5.88 Å². The molecule has 0 radical (unpaired) electrons. The zero-order valence-electron chi connectivity index (χ0n) is 19.8. The van der Waals surface area contributed by atoms with Crippen LogP contribution in [0.1, 0.15) is 47.7 Å². The number of rotatable bonds is 9. The third-order valence-corrected chi connectivity index (χ3v) is 6.48. The fourth-order valence-corrected chi connectivity index (χ4v) is 4.62. The van der Waals surface area contributed by atoms with Gasteiger partial charge in [0.1, 0.15) is 5.82 Å². The number of carboxylic acid groups (broad SMARTS) is 1. The van der Waals surface area contributed by atoms with E-state index in [0.29, 0.717) is 5.88 Å². The van der Waals surface area contributed by atoms with Crippen LogP contribution in [0.4, 0.5) is 5.82 Å². The second kappa shape index (κ2) is 10.1. The van der Waals surface area contributed by atoms with Gasteiger partial charge in [0.05, 0.1) is 25.1 Å². The molecule has 0 saturated heterocycles. The van der Waals surface area contributed by atoms with Crippen LogP contribution in [-0.2, 0) is 24.1 Å². The molecular formula is C27H29N5O3. The highest BCUT2D eigenvalue weighted by Crippen LogP contribution is 2.26. The molecule has 1 atom stereocenters. The normalized spacial score (nSPS) is 13.7. The minimum atomic E-state index is -0.892. The number of nitrogens with one attached hydrogen (secondary N) is 1. The zero-order chi connectivity index (χ0) is 24.2. The lowest BCUT2D eigenvalue weighted by molar-refractivity contribution is -0.137. The molecule has 0 amide bonds. The van der Waals surface area contributed by atoms with Gasteiger partial charge in [0.2, 0.25) is 5.88 Å². The summed E-state index contributed by atoms with van der Waals surface area (Å²) in [6, 6.07) is 13.7. The van der Waals surface area contributed by atoms with Crippen molar-refractivity contribution in [2.45, 2.75) is 44.6 Å². The number of aromatic nitrogens is 4. The molecule has 0 spiro atoms. The molecule has 3 aromatic heterocycles. The molecule has 2 N–H and O–H groups in total. The van der Waals surface area contributed by atoms with E-state index in [9.17, 15) is 9.90 Å². The molecule has 4 aromatic rings. The van der Waals surface area contributed by atoms with E-state index in [1.807, 2.05) is 12.3 Å². The quantitative estimate of drug-likeness (QED) is 0.372. The van der Waals surface area contributed by atoms with E-state index >= 15 is 0 Å². The van der Waals surface area contributed by atoms with E-state index in [0.717, 1.165) is 60.2 Å². The number of ether oxygens (including phenoxy) is 1. The van der Waals surface area contributed by atoms with Gasteiger partial charge in [-0.3, -0.25) is 9.48 Å². The molecule has 1 aliphatic heterocycles. The van der Waals surface area contributed by atoms with Crippen LogP contribution in [0.2, 0.25) is 0 Å². The monoisotopic (exact) mass is 471 g/mol. The Morgan fingerprint density at radius 2 is 2.11 bits per heavy atom. The van der Waals surface area contributed by atoms with Gasteiger partial charge in [-0.25, -0.2) is 9.97 Å². The molecule has 4 heterocycles. The summed E-state index contributed by atoms with van der Waals surface area (Å²) in [6.45, 7) is 0.998. The average Bonchev–Trinajstić information content (AvgIpc) is 3.30. The fourth-order valence-electron chi connectivity index (χ4n) is 4.62. The van der Waals surface area contributed by atoms with Crippen molar-refractivity contribution in [3.63, 3.8) is 0 Å². The number of anilines is 1. The molecular weight excluding hydrogens is 442 g/mol. The van der Waals surface area contributed by atoms with Gasteiger partial charge in [0.15, 0.2) is 0 Å². The highest BCUT2D eigenvalue weighted by atomic mass is 16.5. The van der Waals surface area contributed by atoms with Crippen molar-refractivity contribution >= 4 is 22.7 Å². The molecule has 0 aliphatic carbocycles. The van der Waals surface area contributed by atoms with Gasteiger partial charge in [-0.2, -0.15) is 5.10 Å². The van der Waals surface area contributed by atoms with Crippen molar-refractivity contribution in [2.24, 2.45) is 0 Å². The van der Waals surface area contributed by atoms with Gasteiger partial charge in [0, 0.05) is 36.1 Å². The second-order valence-corrected chi connectivity index (χ2v) is 8.94. The third-order valence-electron chi connectivity index (χ3n) is 6.48. The van der Waals surface area contributed by atoms with Crippen LogP contribution in [-0.4, -0.2) is 44.5 Å². The number of aryl methyl sites for hydroxylation is 3. The number of aliphatic carboxylic acids is 1. The Kier molecular flexibility index (Phi) is 6.61. The molecule has 8 heteroatoms. The van der Waals surface area contributed by atoms with Crippen LogP contribution in [0.5, 0.6) is 5.88 Å². The smallest absolute Gasteiger partial charge is 0.305 e. The predicted octanol–water partition coefficient (Wildman–Crippen LogP) is 4.43. The van der Waals surface area contributed by atoms with E-state index in [1.165, 1.54) is 17.5 Å². The number of methoxy groups -OCH3 is 1. The Morgan fingerprint density at radius 3 is 2.91 bits per heavy atom. The van der Waals surface area contributed by atoms with Crippen molar-refractivity contribution in [1.82, 2.24) is 19.7 Å². The number of nitrogens with zero attached hydrogens (tertiary/aromatic N) is 4. The van der Waals surface area contributed by atoms with E-state index in [4.69, 9.17) is 14.8 Å². The lowest BCUT2D eigenvalue weighted by Crippen LogP contribution is -2.16. The number of fused-ring (bicyclic) bond motifs is 2. The molecule has 1 aromatic carbocycles. The summed E-state index contributed by atoms with van der Waals surface area (Å²) in [5.74, 6) is 0.640. The van der Waals surface area contributed by atoms with Gasteiger partial charge in [0.25, 0.3) is 0 Å². The van der Waals surface area contributed by atoms with E-state index in [2.05, 4.69) is 40.6 Å². The number of carboxylic acids is 1. The SMILES string of the molecule is COc1ccc([C@H](CC(=O)O)n2cc3ccc(CCCc4ccc5c(n4)NCCC5)cc3n2)cn1. The van der Waals surface area contributed by atoms with Gasteiger partial charge < -0.3 is 15.2 Å². The summed E-state index contributed by atoms with van der Waals surface area (Å²) in [5, 5.41) is 18.6. The fraction of sp³-hybridized carbons (Fsp3) is 0.333. The Balaban J connectivity index is 1.29. The van der Waals surface area contributed by atoms with E-state index in [1.54, 1.807) is 24.1 Å². The molecule has 5 rings (SSSR count). The zero-order valence-corrected chi connectivity index (χ0v) is 19.8. The first-order chi connectivity index (χ1) is 17.1. The molecule has 0 bridgehead atoms. The minimum absolute atomic E-state index is 0.0858. The van der Waals surface area contributed by atoms with Crippen molar-refractivity contribution in [3.05, 3.63) is 77.2 Å². The number of benzene rings is 1. The van der Waals surface area contributed by atoms with Gasteiger partial charge in [-0.15, -0.1) is 0 Å². The highest BCUT2D eigenvalue weighted by molar-refractivity contribution is 5.79. The molecule has 1 aliphatic rings. The Morgan fingerprint density at radius 1 is 1.20 bits per heavy atom. The Labute approximate surface area is 204 Å². The predicted molar refractivity (Wildman–Crippen MR) is 134 cm³/mol. The number of hydrogen-bond donors (Lipinski definition) is 2.